The Morgan fingerprint density at radius 3 is 2.12 bits per heavy atom. The van der Waals surface area contributed by atoms with Crippen molar-refractivity contribution in [3.05, 3.63) is 0 Å². The van der Waals surface area contributed by atoms with E-state index in [1.807, 2.05) is 38.0 Å². The molecule has 5 nitrogen and oxygen atoms in total. The minimum absolute atomic E-state index is 0.162. The van der Waals surface area contributed by atoms with E-state index in [-0.39, 0.29) is 5.97 Å². The number of carbonyl (C=O) groups is 1. The molecule has 0 aromatic heterocycles. The third kappa shape index (κ3) is 11.4. The molecule has 0 heterocycles. The van der Waals surface area contributed by atoms with Crippen molar-refractivity contribution < 1.29 is 14.3 Å². The average Bonchev–Trinajstić information content (AvgIpc) is 2.19. The van der Waals surface area contributed by atoms with Crippen LogP contribution in [0.4, 0.5) is 0 Å². The van der Waals surface area contributed by atoms with E-state index in [0.29, 0.717) is 26.2 Å². The Morgan fingerprint density at radius 1 is 0.938 bits per heavy atom. The van der Waals surface area contributed by atoms with Gasteiger partial charge in [-0.1, -0.05) is 0 Å². The van der Waals surface area contributed by atoms with Crippen LogP contribution in [-0.2, 0) is 14.3 Å². The lowest BCUT2D eigenvalue weighted by atomic mass is 10.4. The van der Waals surface area contributed by atoms with Gasteiger partial charge in [0.25, 0.3) is 0 Å². The SMILES string of the molecule is CN(C)CCOCCOC(=O)CCN(C)C. The molecular weight excluding hydrogens is 208 g/mol. The first-order chi connectivity index (χ1) is 7.52. The fourth-order valence-corrected chi connectivity index (χ4v) is 0.951. The normalized spacial score (nSPS) is 11.1. The molecule has 0 radical (unpaired) electrons. The van der Waals surface area contributed by atoms with E-state index in [4.69, 9.17) is 9.47 Å². The second-order valence-corrected chi connectivity index (χ2v) is 4.19. The van der Waals surface area contributed by atoms with Gasteiger partial charge >= 0.3 is 5.97 Å². The lowest BCUT2D eigenvalue weighted by molar-refractivity contribution is -0.145. The summed E-state index contributed by atoms with van der Waals surface area (Å²) in [6.45, 7) is 3.10. The summed E-state index contributed by atoms with van der Waals surface area (Å²) in [6, 6.07) is 0. The molecule has 0 aliphatic heterocycles. The Labute approximate surface area is 98.3 Å². The van der Waals surface area contributed by atoms with Crippen molar-refractivity contribution in [2.45, 2.75) is 6.42 Å². The van der Waals surface area contributed by atoms with E-state index in [1.165, 1.54) is 0 Å². The van der Waals surface area contributed by atoms with Crippen molar-refractivity contribution in [2.24, 2.45) is 0 Å². The third-order valence-corrected chi connectivity index (χ3v) is 1.94. The monoisotopic (exact) mass is 232 g/mol. The van der Waals surface area contributed by atoms with Crippen LogP contribution >= 0.6 is 0 Å². The molecule has 0 aromatic carbocycles. The zero-order chi connectivity index (χ0) is 12.4. The Bertz CT molecular complexity index is 184. The van der Waals surface area contributed by atoms with Crippen LogP contribution in [0, 0.1) is 0 Å². The van der Waals surface area contributed by atoms with Crippen LogP contribution in [0.15, 0.2) is 0 Å². The van der Waals surface area contributed by atoms with Crippen LogP contribution in [0.1, 0.15) is 6.42 Å². The highest BCUT2D eigenvalue weighted by Crippen LogP contribution is 1.89. The van der Waals surface area contributed by atoms with Crippen LogP contribution in [-0.4, -0.2) is 76.9 Å². The minimum Gasteiger partial charge on any atom is -0.463 e. The van der Waals surface area contributed by atoms with E-state index in [9.17, 15) is 4.79 Å². The van der Waals surface area contributed by atoms with E-state index in [0.717, 1.165) is 13.1 Å². The molecule has 0 atom stereocenters. The smallest absolute Gasteiger partial charge is 0.307 e. The van der Waals surface area contributed by atoms with Crippen LogP contribution in [0.2, 0.25) is 0 Å². The first kappa shape index (κ1) is 15.3. The van der Waals surface area contributed by atoms with Gasteiger partial charge in [0.1, 0.15) is 6.61 Å². The summed E-state index contributed by atoms with van der Waals surface area (Å²) >= 11 is 0. The maximum Gasteiger partial charge on any atom is 0.307 e. The van der Waals surface area contributed by atoms with E-state index in [2.05, 4.69) is 0 Å². The highest BCUT2D eigenvalue weighted by Gasteiger charge is 2.02. The second kappa shape index (κ2) is 9.57. The molecular formula is C11H24N2O3. The second-order valence-electron chi connectivity index (χ2n) is 4.19. The molecule has 0 aromatic rings. The zero-order valence-electron chi connectivity index (χ0n) is 10.9. The number of ether oxygens (including phenoxy) is 2. The first-order valence-electron chi connectivity index (χ1n) is 5.55. The van der Waals surface area contributed by atoms with Crippen LogP contribution in [0.5, 0.6) is 0 Å². The molecule has 0 aliphatic carbocycles. The van der Waals surface area contributed by atoms with Crippen molar-refractivity contribution >= 4 is 5.97 Å². The molecule has 0 fully saturated rings. The number of rotatable bonds is 9. The van der Waals surface area contributed by atoms with E-state index in [1.54, 1.807) is 0 Å². The predicted octanol–water partition coefficient (Wildman–Crippen LogP) is 0.0595. The lowest BCUT2D eigenvalue weighted by Gasteiger charge is -2.11. The van der Waals surface area contributed by atoms with Crippen molar-refractivity contribution in [1.29, 1.82) is 0 Å². The molecule has 0 bridgehead atoms. The van der Waals surface area contributed by atoms with E-state index < -0.39 is 0 Å². The zero-order valence-corrected chi connectivity index (χ0v) is 10.9. The van der Waals surface area contributed by atoms with Gasteiger partial charge in [0.15, 0.2) is 0 Å². The summed E-state index contributed by atoms with van der Waals surface area (Å²) in [4.78, 5) is 15.2. The summed E-state index contributed by atoms with van der Waals surface area (Å²) in [6.07, 6.45) is 0.435. The van der Waals surface area contributed by atoms with Crippen molar-refractivity contribution in [3.8, 4) is 0 Å². The molecule has 0 aliphatic rings. The minimum atomic E-state index is -0.162. The molecule has 0 rings (SSSR count). The van der Waals surface area contributed by atoms with Crippen LogP contribution in [0.3, 0.4) is 0 Å². The number of carbonyl (C=O) groups excluding carboxylic acids is 1. The summed E-state index contributed by atoms with van der Waals surface area (Å²) in [5, 5.41) is 0. The van der Waals surface area contributed by atoms with Gasteiger partial charge in [0.2, 0.25) is 0 Å². The lowest BCUT2D eigenvalue weighted by Crippen LogP contribution is -2.21. The number of hydrogen-bond donors (Lipinski definition) is 0. The molecule has 0 N–H and O–H groups in total. The average molecular weight is 232 g/mol. The summed E-state index contributed by atoms with van der Waals surface area (Å²) in [7, 11) is 7.84. The van der Waals surface area contributed by atoms with Gasteiger partial charge in [-0.05, 0) is 28.2 Å². The Kier molecular flexibility index (Phi) is 9.18. The van der Waals surface area contributed by atoms with Gasteiger partial charge in [0, 0.05) is 13.1 Å². The largest absolute Gasteiger partial charge is 0.463 e. The molecule has 0 saturated heterocycles. The fourth-order valence-electron chi connectivity index (χ4n) is 0.951. The Balaban J connectivity index is 3.21. The number of esters is 1. The fraction of sp³-hybridized carbons (Fsp3) is 0.909. The number of likely N-dealkylation sites (N-methyl/N-ethyl adjacent to an activating group) is 1. The van der Waals surface area contributed by atoms with Gasteiger partial charge in [-0.3, -0.25) is 4.79 Å². The van der Waals surface area contributed by atoms with Gasteiger partial charge in [0.05, 0.1) is 19.6 Å². The van der Waals surface area contributed by atoms with Crippen molar-refractivity contribution in [3.63, 3.8) is 0 Å². The van der Waals surface area contributed by atoms with Gasteiger partial charge in [-0.25, -0.2) is 0 Å². The van der Waals surface area contributed by atoms with Crippen molar-refractivity contribution in [1.82, 2.24) is 9.80 Å². The third-order valence-electron chi connectivity index (χ3n) is 1.94. The molecule has 96 valence electrons. The summed E-state index contributed by atoms with van der Waals surface area (Å²) < 4.78 is 10.3. The van der Waals surface area contributed by atoms with Crippen LogP contribution < -0.4 is 0 Å². The molecule has 16 heavy (non-hydrogen) atoms. The summed E-state index contributed by atoms with van der Waals surface area (Å²) in [5.41, 5.74) is 0. The molecule has 0 spiro atoms. The number of nitrogens with zero attached hydrogens (tertiary/aromatic N) is 2. The highest BCUT2D eigenvalue weighted by molar-refractivity contribution is 5.69. The standard InChI is InChI=1S/C11H24N2O3/c1-12(2)6-5-11(14)16-10-9-15-8-7-13(3)4/h5-10H2,1-4H3. The highest BCUT2D eigenvalue weighted by atomic mass is 16.6. The van der Waals surface area contributed by atoms with Crippen molar-refractivity contribution in [2.75, 3.05) is 61.1 Å². The maximum absolute atomic E-state index is 11.2. The van der Waals surface area contributed by atoms with Gasteiger partial charge < -0.3 is 19.3 Å². The topological polar surface area (TPSA) is 42.0 Å². The van der Waals surface area contributed by atoms with Crippen LogP contribution in [0.25, 0.3) is 0 Å². The van der Waals surface area contributed by atoms with E-state index >= 15 is 0 Å². The Hall–Kier alpha value is -0.650. The summed E-state index contributed by atoms with van der Waals surface area (Å²) in [5.74, 6) is -0.162. The quantitative estimate of drug-likeness (QED) is 0.415. The predicted molar refractivity (Wildman–Crippen MR) is 63.5 cm³/mol. The molecule has 0 amide bonds. The van der Waals surface area contributed by atoms with Gasteiger partial charge in [-0.2, -0.15) is 0 Å². The first-order valence-corrected chi connectivity index (χ1v) is 5.55. The van der Waals surface area contributed by atoms with Gasteiger partial charge in [-0.15, -0.1) is 0 Å². The number of hydrogen-bond acceptors (Lipinski definition) is 5. The molecule has 0 saturated carbocycles. The molecule has 5 heteroatoms. The maximum atomic E-state index is 11.2. The Morgan fingerprint density at radius 2 is 1.56 bits per heavy atom. The molecule has 0 unspecified atom stereocenters.